The van der Waals surface area contributed by atoms with Gasteiger partial charge in [-0.2, -0.15) is 0 Å². The SMILES string of the molecule is Cc1ccc(OCC(=O)N2CCCN(C(=O)CCc3ccccc3)CC2)c(C)c1. The quantitative estimate of drug-likeness (QED) is 0.755. The molecule has 154 valence electrons. The summed E-state index contributed by atoms with van der Waals surface area (Å²) in [4.78, 5) is 28.9. The standard InChI is InChI=1S/C24H30N2O3/c1-19-9-11-22(20(2)17-19)29-18-24(28)26-14-6-13-25(15-16-26)23(27)12-10-21-7-4-3-5-8-21/h3-5,7-9,11,17H,6,10,12-16,18H2,1-2H3. The Morgan fingerprint density at radius 3 is 2.28 bits per heavy atom. The van der Waals surface area contributed by atoms with Gasteiger partial charge >= 0.3 is 0 Å². The van der Waals surface area contributed by atoms with Crippen LogP contribution in [-0.4, -0.2) is 54.4 Å². The third kappa shape index (κ3) is 6.08. The van der Waals surface area contributed by atoms with Gasteiger partial charge in [-0.15, -0.1) is 0 Å². The fourth-order valence-corrected chi connectivity index (χ4v) is 3.66. The van der Waals surface area contributed by atoms with Gasteiger partial charge in [0, 0.05) is 32.6 Å². The topological polar surface area (TPSA) is 49.9 Å². The summed E-state index contributed by atoms with van der Waals surface area (Å²) in [6.07, 6.45) is 2.06. The number of aryl methyl sites for hydroxylation is 3. The number of hydrogen-bond acceptors (Lipinski definition) is 3. The zero-order valence-corrected chi connectivity index (χ0v) is 17.4. The molecule has 1 fully saturated rings. The van der Waals surface area contributed by atoms with Gasteiger partial charge in [-0.1, -0.05) is 48.0 Å². The van der Waals surface area contributed by atoms with Crippen LogP contribution in [0, 0.1) is 13.8 Å². The molecule has 1 saturated heterocycles. The minimum absolute atomic E-state index is 0.0245. The Hall–Kier alpha value is -2.82. The third-order valence-corrected chi connectivity index (χ3v) is 5.35. The summed E-state index contributed by atoms with van der Waals surface area (Å²) in [7, 11) is 0. The van der Waals surface area contributed by atoms with Crippen LogP contribution >= 0.6 is 0 Å². The molecule has 0 spiro atoms. The van der Waals surface area contributed by atoms with Crippen molar-refractivity contribution in [3.8, 4) is 5.75 Å². The number of ether oxygens (including phenoxy) is 1. The molecule has 0 atom stereocenters. The van der Waals surface area contributed by atoms with Gasteiger partial charge in [-0.05, 0) is 43.9 Å². The summed E-state index contributed by atoms with van der Waals surface area (Å²) in [6.45, 7) is 6.57. The molecule has 2 aromatic rings. The maximum atomic E-state index is 12.6. The van der Waals surface area contributed by atoms with E-state index in [1.165, 1.54) is 11.1 Å². The van der Waals surface area contributed by atoms with Crippen LogP contribution in [-0.2, 0) is 16.0 Å². The van der Waals surface area contributed by atoms with Crippen LogP contribution in [0.4, 0.5) is 0 Å². The molecule has 5 nitrogen and oxygen atoms in total. The van der Waals surface area contributed by atoms with Gasteiger partial charge in [0.1, 0.15) is 5.75 Å². The number of benzene rings is 2. The van der Waals surface area contributed by atoms with Crippen molar-refractivity contribution >= 4 is 11.8 Å². The van der Waals surface area contributed by atoms with Crippen LogP contribution < -0.4 is 4.74 Å². The first-order chi connectivity index (χ1) is 14.0. The predicted octanol–water partition coefficient (Wildman–Crippen LogP) is 3.38. The number of carbonyl (C=O) groups excluding carboxylic acids is 2. The summed E-state index contributed by atoms with van der Waals surface area (Å²) < 4.78 is 5.74. The van der Waals surface area contributed by atoms with Crippen molar-refractivity contribution in [2.24, 2.45) is 0 Å². The number of amides is 2. The molecule has 1 aliphatic heterocycles. The van der Waals surface area contributed by atoms with Gasteiger partial charge < -0.3 is 14.5 Å². The van der Waals surface area contributed by atoms with Crippen LogP contribution in [0.1, 0.15) is 29.5 Å². The molecule has 29 heavy (non-hydrogen) atoms. The van der Waals surface area contributed by atoms with Gasteiger partial charge in [0.05, 0.1) is 0 Å². The summed E-state index contributed by atoms with van der Waals surface area (Å²) >= 11 is 0. The van der Waals surface area contributed by atoms with Crippen LogP contribution in [0.3, 0.4) is 0 Å². The van der Waals surface area contributed by atoms with E-state index in [1.807, 2.05) is 72.2 Å². The lowest BCUT2D eigenvalue weighted by Gasteiger charge is -2.22. The van der Waals surface area contributed by atoms with E-state index in [0.29, 0.717) is 32.6 Å². The lowest BCUT2D eigenvalue weighted by molar-refractivity contribution is -0.134. The van der Waals surface area contributed by atoms with Crippen LogP contribution in [0.2, 0.25) is 0 Å². The highest BCUT2D eigenvalue weighted by Crippen LogP contribution is 2.19. The lowest BCUT2D eigenvalue weighted by Crippen LogP contribution is -2.39. The smallest absolute Gasteiger partial charge is 0.260 e. The molecule has 1 heterocycles. The molecular formula is C24H30N2O3. The molecular weight excluding hydrogens is 364 g/mol. The normalized spacial score (nSPS) is 14.4. The third-order valence-electron chi connectivity index (χ3n) is 5.35. The van der Waals surface area contributed by atoms with E-state index >= 15 is 0 Å². The monoisotopic (exact) mass is 394 g/mol. The largest absolute Gasteiger partial charge is 0.484 e. The fourth-order valence-electron chi connectivity index (χ4n) is 3.66. The Labute approximate surface area is 173 Å². The summed E-state index contributed by atoms with van der Waals surface area (Å²) in [6, 6.07) is 16.0. The van der Waals surface area contributed by atoms with Crippen LogP contribution in [0.25, 0.3) is 0 Å². The summed E-state index contributed by atoms with van der Waals surface area (Å²) in [5, 5.41) is 0. The van der Waals surface area contributed by atoms with E-state index in [-0.39, 0.29) is 18.4 Å². The maximum Gasteiger partial charge on any atom is 0.260 e. The second-order valence-electron chi connectivity index (χ2n) is 7.66. The van der Waals surface area contributed by atoms with Crippen LogP contribution in [0.15, 0.2) is 48.5 Å². The zero-order chi connectivity index (χ0) is 20.6. The Bertz CT molecular complexity index is 835. The van der Waals surface area contributed by atoms with Crippen molar-refractivity contribution < 1.29 is 14.3 Å². The Balaban J connectivity index is 1.46. The van der Waals surface area contributed by atoms with Crippen molar-refractivity contribution in [1.82, 2.24) is 9.80 Å². The highest BCUT2D eigenvalue weighted by Gasteiger charge is 2.22. The molecule has 0 bridgehead atoms. The molecule has 2 amide bonds. The van der Waals surface area contributed by atoms with E-state index in [0.717, 1.165) is 24.2 Å². The van der Waals surface area contributed by atoms with E-state index in [9.17, 15) is 9.59 Å². The van der Waals surface area contributed by atoms with Crippen molar-refractivity contribution in [3.63, 3.8) is 0 Å². The number of rotatable bonds is 6. The second kappa shape index (κ2) is 10.1. The van der Waals surface area contributed by atoms with Crippen molar-refractivity contribution in [2.75, 3.05) is 32.8 Å². The highest BCUT2D eigenvalue weighted by molar-refractivity contribution is 5.79. The first kappa shape index (κ1) is 20.9. The van der Waals surface area contributed by atoms with Gasteiger partial charge in [0.2, 0.25) is 5.91 Å². The fraction of sp³-hybridized carbons (Fsp3) is 0.417. The Kier molecular flexibility index (Phi) is 7.28. The van der Waals surface area contributed by atoms with Crippen LogP contribution in [0.5, 0.6) is 5.75 Å². The molecule has 1 aliphatic rings. The minimum atomic E-state index is -0.0245. The molecule has 2 aromatic carbocycles. The molecule has 0 N–H and O–H groups in total. The van der Waals surface area contributed by atoms with Gasteiger partial charge in [0.25, 0.3) is 5.91 Å². The Morgan fingerprint density at radius 1 is 0.897 bits per heavy atom. The van der Waals surface area contributed by atoms with E-state index in [4.69, 9.17) is 4.74 Å². The maximum absolute atomic E-state index is 12.6. The lowest BCUT2D eigenvalue weighted by atomic mass is 10.1. The molecule has 5 heteroatoms. The van der Waals surface area contributed by atoms with E-state index in [1.54, 1.807) is 0 Å². The molecule has 3 rings (SSSR count). The van der Waals surface area contributed by atoms with E-state index < -0.39 is 0 Å². The molecule has 0 aliphatic carbocycles. The Morgan fingerprint density at radius 2 is 1.59 bits per heavy atom. The molecule has 0 saturated carbocycles. The highest BCUT2D eigenvalue weighted by atomic mass is 16.5. The first-order valence-electron chi connectivity index (χ1n) is 10.3. The first-order valence-corrected chi connectivity index (χ1v) is 10.3. The van der Waals surface area contributed by atoms with Gasteiger partial charge in [0.15, 0.2) is 6.61 Å². The zero-order valence-electron chi connectivity index (χ0n) is 17.4. The average molecular weight is 395 g/mol. The predicted molar refractivity (Wildman–Crippen MR) is 114 cm³/mol. The number of carbonyl (C=O) groups is 2. The second-order valence-corrected chi connectivity index (χ2v) is 7.66. The summed E-state index contributed by atoms with van der Waals surface area (Å²) in [5.41, 5.74) is 3.38. The van der Waals surface area contributed by atoms with Gasteiger partial charge in [-0.25, -0.2) is 0 Å². The van der Waals surface area contributed by atoms with Crippen molar-refractivity contribution in [2.45, 2.75) is 33.1 Å². The molecule has 0 radical (unpaired) electrons. The van der Waals surface area contributed by atoms with Crippen molar-refractivity contribution in [3.05, 3.63) is 65.2 Å². The van der Waals surface area contributed by atoms with Gasteiger partial charge in [-0.3, -0.25) is 9.59 Å². The van der Waals surface area contributed by atoms with Crippen molar-refractivity contribution in [1.29, 1.82) is 0 Å². The van der Waals surface area contributed by atoms with E-state index in [2.05, 4.69) is 0 Å². The summed E-state index contributed by atoms with van der Waals surface area (Å²) in [5.74, 6) is 0.884. The molecule has 0 aromatic heterocycles. The number of nitrogens with zero attached hydrogens (tertiary/aromatic N) is 2. The average Bonchev–Trinajstić information content (AvgIpc) is 2.98. The molecule has 0 unspecified atom stereocenters. The number of hydrogen-bond donors (Lipinski definition) is 0. The minimum Gasteiger partial charge on any atom is -0.484 e.